The number of ether oxygens (including phenoxy) is 4. The zero-order valence-corrected chi connectivity index (χ0v) is 29.3. The van der Waals surface area contributed by atoms with Gasteiger partial charge in [0.2, 0.25) is 11.8 Å². The fourth-order valence-corrected chi connectivity index (χ4v) is 7.37. The second kappa shape index (κ2) is 17.1. The van der Waals surface area contributed by atoms with Gasteiger partial charge in [-0.25, -0.2) is 8.42 Å². The summed E-state index contributed by atoms with van der Waals surface area (Å²) in [5.41, 5.74) is 0.990. The van der Waals surface area contributed by atoms with Gasteiger partial charge in [0.25, 0.3) is 10.0 Å². The molecular weight excluding hydrogens is 634 g/mol. The Hall–Kier alpha value is -4.45. The van der Waals surface area contributed by atoms with E-state index < -0.39 is 28.5 Å². The topological polar surface area (TPSA) is 124 Å². The number of nitrogens with one attached hydrogen (secondary N) is 1. The molecule has 11 nitrogen and oxygen atoms in total. The van der Waals surface area contributed by atoms with Gasteiger partial charge >= 0.3 is 0 Å². The maximum absolute atomic E-state index is 14.5. The maximum Gasteiger partial charge on any atom is 0.264 e. The van der Waals surface area contributed by atoms with Crippen molar-refractivity contribution in [2.75, 3.05) is 38.8 Å². The lowest BCUT2D eigenvalue weighted by Gasteiger charge is -2.34. The first-order valence-electron chi connectivity index (χ1n) is 16.4. The number of hydrogen-bond donors (Lipinski definition) is 1. The molecule has 0 spiro atoms. The van der Waals surface area contributed by atoms with Crippen LogP contribution in [0.4, 0.5) is 5.69 Å². The SMILES string of the molecule is CCOc1ccc(N(CC(=O)N(Cc2cccc(OC)c2)C(CC)C(=O)NC2CCCCC2)S(=O)(=O)c2ccc(OC)c(OC)c2)cc1. The fraction of sp³-hybridized carbons (Fsp3) is 0.444. The van der Waals surface area contributed by atoms with E-state index in [9.17, 15) is 18.0 Å². The van der Waals surface area contributed by atoms with Crippen molar-refractivity contribution >= 4 is 27.5 Å². The Bertz CT molecular complexity index is 1620. The Morgan fingerprint density at radius 1 is 0.854 bits per heavy atom. The van der Waals surface area contributed by atoms with Crippen LogP contribution >= 0.6 is 0 Å². The minimum Gasteiger partial charge on any atom is -0.497 e. The van der Waals surface area contributed by atoms with Crippen LogP contribution in [0.2, 0.25) is 0 Å². The Morgan fingerprint density at radius 2 is 1.56 bits per heavy atom. The molecule has 2 amide bonds. The van der Waals surface area contributed by atoms with E-state index in [0.717, 1.165) is 42.0 Å². The normalized spacial score (nSPS) is 14.0. The highest BCUT2D eigenvalue weighted by Gasteiger charge is 2.35. The van der Waals surface area contributed by atoms with Gasteiger partial charge in [0.1, 0.15) is 24.1 Å². The van der Waals surface area contributed by atoms with Crippen LogP contribution in [0, 0.1) is 0 Å². The molecule has 3 aromatic rings. The summed E-state index contributed by atoms with van der Waals surface area (Å²) in [6.45, 7) is 3.64. The molecule has 1 N–H and O–H groups in total. The molecule has 0 saturated heterocycles. The first-order chi connectivity index (χ1) is 23.1. The maximum atomic E-state index is 14.5. The quantitative estimate of drug-likeness (QED) is 0.209. The Balaban J connectivity index is 1.75. The van der Waals surface area contributed by atoms with Gasteiger partial charge in [-0.15, -0.1) is 0 Å². The van der Waals surface area contributed by atoms with Crippen molar-refractivity contribution in [1.29, 1.82) is 0 Å². The predicted octanol–water partition coefficient (Wildman–Crippen LogP) is 5.56. The molecule has 260 valence electrons. The second-order valence-electron chi connectivity index (χ2n) is 11.6. The highest BCUT2D eigenvalue weighted by Crippen LogP contribution is 2.33. The van der Waals surface area contributed by atoms with Gasteiger partial charge in [-0.3, -0.25) is 13.9 Å². The number of sulfonamides is 1. The smallest absolute Gasteiger partial charge is 0.264 e. The van der Waals surface area contributed by atoms with E-state index in [-0.39, 0.29) is 34.8 Å². The number of anilines is 1. The summed E-state index contributed by atoms with van der Waals surface area (Å²) in [6.07, 6.45) is 5.33. The summed E-state index contributed by atoms with van der Waals surface area (Å²) in [6, 6.07) is 17.2. The minimum atomic E-state index is -4.34. The van der Waals surface area contributed by atoms with Crippen LogP contribution in [0.15, 0.2) is 71.6 Å². The molecule has 3 aromatic carbocycles. The third-order valence-corrected chi connectivity index (χ3v) is 10.3. The molecule has 1 saturated carbocycles. The van der Waals surface area contributed by atoms with Crippen molar-refractivity contribution < 1.29 is 37.0 Å². The highest BCUT2D eigenvalue weighted by atomic mass is 32.2. The summed E-state index contributed by atoms with van der Waals surface area (Å²) in [7, 11) is 0.101. The zero-order valence-electron chi connectivity index (χ0n) is 28.4. The van der Waals surface area contributed by atoms with Crippen LogP contribution in [-0.2, 0) is 26.2 Å². The Morgan fingerprint density at radius 3 is 2.19 bits per heavy atom. The second-order valence-corrected chi connectivity index (χ2v) is 13.5. The van der Waals surface area contributed by atoms with Crippen molar-refractivity contribution in [3.63, 3.8) is 0 Å². The molecule has 0 heterocycles. The standard InChI is InChI=1S/C36H47N3O8S/c1-6-32(36(41)37-27-13-9-8-10-14-27)38(24-26-12-11-15-30(22-26)44-3)35(40)25-39(28-16-18-29(19-17-28)47-7-2)48(42,43)31-20-21-33(45-4)34(23-31)46-5/h11-12,15-23,27,32H,6-10,13-14,24-25H2,1-5H3,(H,37,41). The van der Waals surface area contributed by atoms with Crippen LogP contribution in [0.5, 0.6) is 23.0 Å². The van der Waals surface area contributed by atoms with Crippen molar-refractivity contribution in [1.82, 2.24) is 10.2 Å². The molecule has 0 aliphatic heterocycles. The minimum absolute atomic E-state index is 0.0415. The number of carbonyl (C=O) groups excluding carboxylic acids is 2. The van der Waals surface area contributed by atoms with Gasteiger partial charge in [-0.1, -0.05) is 38.3 Å². The molecule has 1 aliphatic carbocycles. The third kappa shape index (κ3) is 8.91. The van der Waals surface area contributed by atoms with E-state index in [2.05, 4.69) is 5.32 Å². The average molecular weight is 682 g/mol. The summed E-state index contributed by atoms with van der Waals surface area (Å²) in [4.78, 5) is 29.7. The van der Waals surface area contributed by atoms with Crippen LogP contribution in [0.3, 0.4) is 0 Å². The first kappa shape index (κ1) is 36.4. The summed E-state index contributed by atoms with van der Waals surface area (Å²) < 4.78 is 51.5. The first-order valence-corrected chi connectivity index (χ1v) is 17.8. The largest absolute Gasteiger partial charge is 0.497 e. The molecule has 0 aromatic heterocycles. The van der Waals surface area contributed by atoms with Gasteiger partial charge < -0.3 is 29.2 Å². The zero-order chi connectivity index (χ0) is 34.7. The van der Waals surface area contributed by atoms with Crippen molar-refractivity contribution in [3.05, 3.63) is 72.3 Å². The highest BCUT2D eigenvalue weighted by molar-refractivity contribution is 7.92. The van der Waals surface area contributed by atoms with E-state index in [1.165, 1.54) is 37.3 Å². The monoisotopic (exact) mass is 681 g/mol. The molecular formula is C36H47N3O8S. The van der Waals surface area contributed by atoms with E-state index in [1.807, 2.05) is 26.0 Å². The lowest BCUT2D eigenvalue weighted by molar-refractivity contribution is -0.140. The van der Waals surface area contributed by atoms with Crippen LogP contribution in [0.25, 0.3) is 0 Å². The van der Waals surface area contributed by atoms with E-state index >= 15 is 0 Å². The number of benzene rings is 3. The van der Waals surface area contributed by atoms with Crippen LogP contribution in [0.1, 0.15) is 57.9 Å². The van der Waals surface area contributed by atoms with E-state index in [1.54, 1.807) is 43.5 Å². The van der Waals surface area contributed by atoms with Gasteiger partial charge in [0, 0.05) is 18.7 Å². The Kier molecular flexibility index (Phi) is 13.0. The molecule has 0 radical (unpaired) electrons. The summed E-state index contributed by atoms with van der Waals surface area (Å²) in [5, 5.41) is 3.17. The number of carbonyl (C=O) groups is 2. The van der Waals surface area contributed by atoms with E-state index in [4.69, 9.17) is 18.9 Å². The average Bonchev–Trinajstić information content (AvgIpc) is 3.11. The van der Waals surface area contributed by atoms with Crippen LogP contribution in [-0.4, -0.2) is 71.7 Å². The molecule has 1 fully saturated rings. The van der Waals surface area contributed by atoms with E-state index in [0.29, 0.717) is 30.3 Å². The predicted molar refractivity (Wildman–Crippen MR) is 184 cm³/mol. The molecule has 12 heteroatoms. The number of amides is 2. The van der Waals surface area contributed by atoms with Gasteiger partial charge in [0.05, 0.1) is 38.5 Å². The van der Waals surface area contributed by atoms with Crippen molar-refractivity contribution in [2.45, 2.75) is 75.9 Å². The number of rotatable bonds is 16. The number of methoxy groups -OCH3 is 3. The molecule has 4 rings (SSSR count). The molecule has 0 bridgehead atoms. The van der Waals surface area contributed by atoms with Crippen molar-refractivity contribution in [3.8, 4) is 23.0 Å². The fourth-order valence-electron chi connectivity index (χ4n) is 5.94. The van der Waals surface area contributed by atoms with Gasteiger partial charge in [0.15, 0.2) is 11.5 Å². The number of hydrogen-bond acceptors (Lipinski definition) is 8. The van der Waals surface area contributed by atoms with Gasteiger partial charge in [-0.2, -0.15) is 0 Å². The Labute approximate surface area is 284 Å². The molecule has 1 aliphatic rings. The summed E-state index contributed by atoms with van der Waals surface area (Å²) in [5.74, 6) is 0.950. The molecule has 1 atom stereocenters. The molecule has 1 unspecified atom stereocenters. The van der Waals surface area contributed by atoms with Crippen LogP contribution < -0.4 is 28.6 Å². The molecule has 48 heavy (non-hydrogen) atoms. The lowest BCUT2D eigenvalue weighted by atomic mass is 9.95. The lowest BCUT2D eigenvalue weighted by Crippen LogP contribution is -2.54. The van der Waals surface area contributed by atoms with Gasteiger partial charge in [-0.05, 0) is 80.3 Å². The third-order valence-electron chi connectivity index (χ3n) is 8.48. The number of nitrogens with zero attached hydrogens (tertiary/aromatic N) is 2. The van der Waals surface area contributed by atoms with Crippen molar-refractivity contribution in [2.24, 2.45) is 0 Å². The summed E-state index contributed by atoms with van der Waals surface area (Å²) >= 11 is 0.